The Kier molecular flexibility index (Phi) is 3.90. The number of carboxylic acid groups (broad SMARTS) is 1. The van der Waals surface area contributed by atoms with Crippen LogP contribution < -0.4 is 5.73 Å². The lowest BCUT2D eigenvalue weighted by Gasteiger charge is -2.47. The molecule has 1 aliphatic heterocycles. The van der Waals surface area contributed by atoms with E-state index in [0.717, 1.165) is 25.7 Å². The quantitative estimate of drug-likeness (QED) is 0.769. The summed E-state index contributed by atoms with van der Waals surface area (Å²) < 4.78 is 0. The highest BCUT2D eigenvalue weighted by atomic mass is 16.4. The van der Waals surface area contributed by atoms with Crippen molar-refractivity contribution in [3.63, 3.8) is 0 Å². The molecule has 0 aromatic carbocycles. The van der Waals surface area contributed by atoms with Crippen molar-refractivity contribution in [1.82, 2.24) is 4.90 Å². The second-order valence-corrected chi connectivity index (χ2v) is 5.58. The highest BCUT2D eigenvalue weighted by Crippen LogP contribution is 2.38. The number of nitrogens with zero attached hydrogens (tertiary/aromatic N) is 1. The largest absolute Gasteiger partial charge is 0.480 e. The van der Waals surface area contributed by atoms with E-state index in [1.165, 1.54) is 6.42 Å². The smallest absolute Gasteiger partial charge is 0.326 e. The lowest BCUT2D eigenvalue weighted by Crippen LogP contribution is -2.60. The molecule has 5 nitrogen and oxygen atoms in total. The Hall–Kier alpha value is -1.10. The maximum atomic E-state index is 12.2. The van der Waals surface area contributed by atoms with E-state index in [1.807, 2.05) is 0 Å². The van der Waals surface area contributed by atoms with Crippen molar-refractivity contribution in [2.24, 2.45) is 11.7 Å². The molecule has 0 aromatic heterocycles. The minimum atomic E-state index is -0.895. The third-order valence-corrected chi connectivity index (χ3v) is 4.30. The van der Waals surface area contributed by atoms with E-state index < -0.39 is 18.1 Å². The summed E-state index contributed by atoms with van der Waals surface area (Å²) in [6.07, 6.45) is 5.79. The van der Waals surface area contributed by atoms with Crippen LogP contribution in [0.4, 0.5) is 0 Å². The molecular formula is C13H22N2O3. The minimum absolute atomic E-state index is 0.0899. The molecule has 0 spiro atoms. The van der Waals surface area contributed by atoms with Gasteiger partial charge in [-0.2, -0.15) is 0 Å². The second kappa shape index (κ2) is 5.26. The molecule has 3 unspecified atom stereocenters. The van der Waals surface area contributed by atoms with Crippen molar-refractivity contribution in [3.8, 4) is 0 Å². The summed E-state index contributed by atoms with van der Waals surface area (Å²) in [5.74, 6) is -0.635. The number of carbonyl (C=O) groups excluding carboxylic acids is 1. The van der Waals surface area contributed by atoms with Gasteiger partial charge in [-0.15, -0.1) is 0 Å². The normalized spacial score (nSPS) is 33.7. The number of fused-ring (bicyclic) bond motifs is 1. The molecule has 1 heterocycles. The van der Waals surface area contributed by atoms with Crippen LogP contribution in [0.3, 0.4) is 0 Å². The molecular weight excluding hydrogens is 232 g/mol. The van der Waals surface area contributed by atoms with Gasteiger partial charge in [0.1, 0.15) is 6.04 Å². The van der Waals surface area contributed by atoms with Crippen molar-refractivity contribution in [2.45, 2.75) is 63.6 Å². The first-order valence-electron chi connectivity index (χ1n) is 6.83. The van der Waals surface area contributed by atoms with E-state index in [4.69, 9.17) is 5.73 Å². The third kappa shape index (κ3) is 2.36. The van der Waals surface area contributed by atoms with Gasteiger partial charge in [-0.05, 0) is 38.5 Å². The van der Waals surface area contributed by atoms with Crippen LogP contribution in [0.15, 0.2) is 0 Å². The van der Waals surface area contributed by atoms with E-state index in [-0.39, 0.29) is 11.9 Å². The van der Waals surface area contributed by atoms with E-state index >= 15 is 0 Å². The van der Waals surface area contributed by atoms with Crippen LogP contribution >= 0.6 is 0 Å². The van der Waals surface area contributed by atoms with Gasteiger partial charge in [-0.25, -0.2) is 4.79 Å². The van der Waals surface area contributed by atoms with E-state index in [1.54, 1.807) is 11.8 Å². The lowest BCUT2D eigenvalue weighted by molar-refractivity contribution is -0.158. The number of carbonyl (C=O) groups is 2. The van der Waals surface area contributed by atoms with Gasteiger partial charge in [0.25, 0.3) is 0 Å². The lowest BCUT2D eigenvalue weighted by atomic mass is 9.76. The van der Waals surface area contributed by atoms with Crippen LogP contribution in [0.25, 0.3) is 0 Å². The number of aliphatic carboxylic acids is 1. The zero-order valence-electron chi connectivity index (χ0n) is 10.8. The predicted octanol–water partition coefficient (Wildman–Crippen LogP) is 0.968. The Bertz CT molecular complexity index is 343. The number of piperidine rings is 1. The topological polar surface area (TPSA) is 83.6 Å². The van der Waals surface area contributed by atoms with Gasteiger partial charge in [-0.1, -0.05) is 12.8 Å². The van der Waals surface area contributed by atoms with Crippen molar-refractivity contribution < 1.29 is 14.7 Å². The summed E-state index contributed by atoms with van der Waals surface area (Å²) in [5.41, 5.74) is 5.67. The number of amides is 1. The standard InChI is InChI=1S/C13H22N2O3/c1-8(14)12(16)15-10-5-3-2-4-9(10)6-7-11(15)13(17)18/h8-11H,2-7,14H2,1H3,(H,17,18)/t8-,9?,10?,11?/m0/s1. The maximum Gasteiger partial charge on any atom is 0.326 e. The van der Waals surface area contributed by atoms with Gasteiger partial charge >= 0.3 is 5.97 Å². The Morgan fingerprint density at radius 3 is 2.50 bits per heavy atom. The highest BCUT2D eigenvalue weighted by molar-refractivity contribution is 5.87. The van der Waals surface area contributed by atoms with Crippen LogP contribution in [0, 0.1) is 5.92 Å². The molecule has 1 saturated carbocycles. The fraction of sp³-hybridized carbons (Fsp3) is 0.846. The van der Waals surface area contributed by atoms with Crippen molar-refractivity contribution >= 4 is 11.9 Å². The monoisotopic (exact) mass is 254 g/mol. The molecule has 2 fully saturated rings. The molecule has 2 aliphatic rings. The van der Waals surface area contributed by atoms with Gasteiger partial charge < -0.3 is 15.7 Å². The fourth-order valence-electron chi connectivity index (χ4n) is 3.43. The molecule has 0 aromatic rings. The number of hydrogen-bond donors (Lipinski definition) is 2. The third-order valence-electron chi connectivity index (χ3n) is 4.30. The fourth-order valence-corrected chi connectivity index (χ4v) is 3.43. The molecule has 0 radical (unpaired) electrons. The highest BCUT2D eigenvalue weighted by Gasteiger charge is 2.44. The summed E-state index contributed by atoms with van der Waals surface area (Å²) >= 11 is 0. The first-order valence-corrected chi connectivity index (χ1v) is 6.83. The molecule has 1 aliphatic carbocycles. The average molecular weight is 254 g/mol. The van der Waals surface area contributed by atoms with Crippen molar-refractivity contribution in [2.75, 3.05) is 0 Å². The number of rotatable bonds is 2. The van der Waals surface area contributed by atoms with E-state index in [2.05, 4.69) is 0 Å². The van der Waals surface area contributed by atoms with Crippen LogP contribution in [0.1, 0.15) is 45.4 Å². The van der Waals surface area contributed by atoms with Gasteiger partial charge in [0.15, 0.2) is 0 Å². The molecule has 1 amide bonds. The van der Waals surface area contributed by atoms with E-state index in [0.29, 0.717) is 12.3 Å². The van der Waals surface area contributed by atoms with Crippen LogP contribution in [0.2, 0.25) is 0 Å². The summed E-state index contributed by atoms with van der Waals surface area (Å²) in [4.78, 5) is 25.1. The SMILES string of the molecule is C[C@H](N)C(=O)N1C(C(=O)O)CCC2CCCCC21. The molecule has 0 bridgehead atoms. The Morgan fingerprint density at radius 1 is 1.22 bits per heavy atom. The number of hydrogen-bond acceptors (Lipinski definition) is 3. The van der Waals surface area contributed by atoms with Gasteiger partial charge in [0.2, 0.25) is 5.91 Å². The van der Waals surface area contributed by atoms with E-state index in [9.17, 15) is 14.7 Å². The van der Waals surface area contributed by atoms with Crippen molar-refractivity contribution in [1.29, 1.82) is 0 Å². The molecule has 18 heavy (non-hydrogen) atoms. The number of nitrogens with two attached hydrogens (primary N) is 1. The van der Waals surface area contributed by atoms with Crippen LogP contribution in [-0.2, 0) is 9.59 Å². The zero-order valence-corrected chi connectivity index (χ0v) is 10.8. The summed E-state index contributed by atoms with van der Waals surface area (Å²) in [7, 11) is 0. The first kappa shape index (κ1) is 13.3. The summed E-state index contributed by atoms with van der Waals surface area (Å²) in [6, 6.07) is -1.21. The van der Waals surface area contributed by atoms with Gasteiger partial charge in [0.05, 0.1) is 6.04 Å². The molecule has 4 atom stereocenters. The molecule has 102 valence electrons. The summed E-state index contributed by atoms with van der Waals surface area (Å²) in [6.45, 7) is 1.63. The van der Waals surface area contributed by atoms with Crippen LogP contribution in [0.5, 0.6) is 0 Å². The number of carboxylic acids is 1. The molecule has 1 saturated heterocycles. The predicted molar refractivity (Wildman–Crippen MR) is 66.9 cm³/mol. The zero-order chi connectivity index (χ0) is 13.3. The van der Waals surface area contributed by atoms with Crippen LogP contribution in [-0.4, -0.2) is 40.0 Å². The molecule has 3 N–H and O–H groups in total. The Balaban J connectivity index is 2.24. The maximum absolute atomic E-state index is 12.2. The van der Waals surface area contributed by atoms with Crippen molar-refractivity contribution in [3.05, 3.63) is 0 Å². The molecule has 2 rings (SSSR count). The Labute approximate surface area is 107 Å². The summed E-state index contributed by atoms with van der Waals surface area (Å²) in [5, 5.41) is 9.29. The molecule has 5 heteroatoms. The first-order chi connectivity index (χ1) is 8.52. The second-order valence-electron chi connectivity index (χ2n) is 5.58. The Morgan fingerprint density at radius 2 is 1.89 bits per heavy atom. The van der Waals surface area contributed by atoms with Gasteiger partial charge in [-0.3, -0.25) is 4.79 Å². The van der Waals surface area contributed by atoms with Gasteiger partial charge in [0, 0.05) is 6.04 Å². The minimum Gasteiger partial charge on any atom is -0.480 e. The number of likely N-dealkylation sites (tertiary alicyclic amines) is 1. The average Bonchev–Trinajstić information content (AvgIpc) is 2.36.